The van der Waals surface area contributed by atoms with E-state index in [2.05, 4.69) is 33.0 Å². The lowest BCUT2D eigenvalue weighted by molar-refractivity contribution is -0.129. The Labute approximate surface area is 169 Å². The number of thiazole rings is 1. The highest BCUT2D eigenvalue weighted by Gasteiger charge is 2.15. The van der Waals surface area contributed by atoms with Crippen LogP contribution in [0.5, 0.6) is 0 Å². The number of carbonyl (C=O) groups is 1. The zero-order valence-electron chi connectivity index (χ0n) is 16.2. The minimum absolute atomic E-state index is 0.135. The van der Waals surface area contributed by atoms with Gasteiger partial charge in [-0.05, 0) is 0 Å². The van der Waals surface area contributed by atoms with Gasteiger partial charge in [0.15, 0.2) is 4.96 Å². The van der Waals surface area contributed by atoms with Gasteiger partial charge in [0, 0.05) is 68.9 Å². The lowest BCUT2D eigenvalue weighted by Crippen LogP contribution is -2.43. The number of amides is 1. The van der Waals surface area contributed by atoms with Gasteiger partial charge < -0.3 is 9.64 Å². The normalized spacial score (nSPS) is 15.2. The van der Waals surface area contributed by atoms with Crippen LogP contribution in [0.25, 0.3) is 16.2 Å². The molecule has 7 heteroatoms. The number of nitrogens with zero attached hydrogens (tertiary/aromatic N) is 4. The van der Waals surface area contributed by atoms with E-state index in [1.165, 1.54) is 5.69 Å². The minimum Gasteiger partial charge on any atom is -0.379 e. The van der Waals surface area contributed by atoms with E-state index in [0.717, 1.165) is 68.6 Å². The van der Waals surface area contributed by atoms with Crippen molar-refractivity contribution in [3.8, 4) is 11.3 Å². The average Bonchev–Trinajstić information content (AvgIpc) is 3.31. The first kappa shape index (κ1) is 19.1. The molecule has 0 N–H and O–H groups in total. The quantitative estimate of drug-likeness (QED) is 0.614. The first-order valence-electron chi connectivity index (χ1n) is 9.77. The van der Waals surface area contributed by atoms with Gasteiger partial charge in [-0.15, -0.1) is 11.3 Å². The minimum atomic E-state index is 0.135. The van der Waals surface area contributed by atoms with Gasteiger partial charge >= 0.3 is 0 Å². The number of rotatable bonds is 7. The van der Waals surface area contributed by atoms with Crippen molar-refractivity contribution in [3.05, 3.63) is 47.6 Å². The van der Waals surface area contributed by atoms with Crippen molar-refractivity contribution < 1.29 is 9.53 Å². The van der Waals surface area contributed by atoms with Crippen molar-refractivity contribution in [2.75, 3.05) is 45.9 Å². The highest BCUT2D eigenvalue weighted by atomic mass is 32.1. The number of hydrogen-bond acceptors (Lipinski definition) is 5. The summed E-state index contributed by atoms with van der Waals surface area (Å²) in [4.78, 5) is 22.2. The molecule has 0 radical (unpaired) electrons. The van der Waals surface area contributed by atoms with Crippen LogP contribution < -0.4 is 0 Å². The SMILES string of the molecule is CC(=O)N(CCc1csc2nc(-c3ccccc3)cn12)CCN1CCOCC1. The van der Waals surface area contributed by atoms with Crippen molar-refractivity contribution in [3.63, 3.8) is 0 Å². The van der Waals surface area contributed by atoms with Gasteiger partial charge in [0.05, 0.1) is 18.9 Å². The zero-order valence-corrected chi connectivity index (χ0v) is 17.0. The largest absolute Gasteiger partial charge is 0.379 e. The first-order valence-corrected chi connectivity index (χ1v) is 10.6. The molecule has 0 aliphatic carbocycles. The van der Waals surface area contributed by atoms with Crippen LogP contribution in [0.1, 0.15) is 12.6 Å². The molecule has 0 saturated carbocycles. The maximum absolute atomic E-state index is 12.1. The molecule has 1 aliphatic rings. The maximum atomic E-state index is 12.1. The highest BCUT2D eigenvalue weighted by molar-refractivity contribution is 7.15. The Morgan fingerprint density at radius 3 is 2.75 bits per heavy atom. The molecule has 0 atom stereocenters. The van der Waals surface area contributed by atoms with E-state index in [0.29, 0.717) is 0 Å². The average molecular weight is 399 g/mol. The molecule has 2 aromatic heterocycles. The molecule has 4 rings (SSSR count). The van der Waals surface area contributed by atoms with E-state index in [4.69, 9.17) is 9.72 Å². The van der Waals surface area contributed by atoms with Gasteiger partial charge in [0.25, 0.3) is 0 Å². The van der Waals surface area contributed by atoms with Gasteiger partial charge in [0.2, 0.25) is 5.91 Å². The van der Waals surface area contributed by atoms with Crippen molar-refractivity contribution in [2.45, 2.75) is 13.3 Å². The maximum Gasteiger partial charge on any atom is 0.219 e. The lowest BCUT2D eigenvalue weighted by atomic mass is 10.2. The molecule has 1 amide bonds. The van der Waals surface area contributed by atoms with Crippen LogP contribution in [-0.2, 0) is 16.0 Å². The Morgan fingerprint density at radius 2 is 2.00 bits per heavy atom. The molecule has 148 valence electrons. The number of fused-ring (bicyclic) bond motifs is 1. The van der Waals surface area contributed by atoms with E-state index in [9.17, 15) is 4.79 Å². The number of imidazole rings is 1. The Bertz CT molecular complexity index is 915. The van der Waals surface area contributed by atoms with Crippen LogP contribution in [0, 0.1) is 0 Å². The smallest absolute Gasteiger partial charge is 0.219 e. The number of benzene rings is 1. The summed E-state index contributed by atoms with van der Waals surface area (Å²) in [6.07, 6.45) is 2.93. The molecule has 0 spiro atoms. The summed E-state index contributed by atoms with van der Waals surface area (Å²) < 4.78 is 7.56. The molecular formula is C21H26N4O2S. The fraction of sp³-hybridized carbons (Fsp3) is 0.429. The standard InChI is InChI=1S/C21H26N4O2S/c1-17(26)24(10-9-23-11-13-27-14-12-23)8-7-19-16-28-21-22-20(15-25(19)21)18-5-3-2-4-6-18/h2-6,15-16H,7-14H2,1H3. The lowest BCUT2D eigenvalue weighted by Gasteiger charge is -2.29. The summed E-state index contributed by atoms with van der Waals surface area (Å²) in [5.74, 6) is 0.135. The van der Waals surface area contributed by atoms with Gasteiger partial charge in [0.1, 0.15) is 0 Å². The van der Waals surface area contributed by atoms with Gasteiger partial charge in [-0.1, -0.05) is 30.3 Å². The number of hydrogen-bond donors (Lipinski definition) is 0. The molecular weight excluding hydrogens is 372 g/mol. The third-order valence-electron chi connectivity index (χ3n) is 5.23. The second-order valence-electron chi connectivity index (χ2n) is 7.08. The Hall–Kier alpha value is -2.22. The fourth-order valence-corrected chi connectivity index (χ4v) is 4.43. The van der Waals surface area contributed by atoms with Crippen molar-refractivity contribution >= 4 is 22.2 Å². The van der Waals surface area contributed by atoms with Crippen LogP contribution in [-0.4, -0.2) is 71.0 Å². The zero-order chi connectivity index (χ0) is 19.3. The van der Waals surface area contributed by atoms with E-state index in [-0.39, 0.29) is 5.91 Å². The monoisotopic (exact) mass is 398 g/mol. The van der Waals surface area contributed by atoms with Crippen LogP contribution in [0.3, 0.4) is 0 Å². The Morgan fingerprint density at radius 1 is 1.21 bits per heavy atom. The van der Waals surface area contributed by atoms with E-state index in [1.54, 1.807) is 18.3 Å². The topological polar surface area (TPSA) is 50.1 Å². The van der Waals surface area contributed by atoms with Crippen molar-refractivity contribution in [1.82, 2.24) is 19.2 Å². The van der Waals surface area contributed by atoms with Crippen molar-refractivity contribution in [1.29, 1.82) is 0 Å². The summed E-state index contributed by atoms with van der Waals surface area (Å²) >= 11 is 1.65. The molecule has 1 aromatic carbocycles. The number of aromatic nitrogens is 2. The third kappa shape index (κ3) is 4.43. The predicted octanol–water partition coefficient (Wildman–Crippen LogP) is 2.79. The summed E-state index contributed by atoms with van der Waals surface area (Å²) in [6, 6.07) is 10.2. The summed E-state index contributed by atoms with van der Waals surface area (Å²) in [7, 11) is 0. The molecule has 0 unspecified atom stereocenters. The molecule has 1 fully saturated rings. The summed E-state index contributed by atoms with van der Waals surface area (Å²) in [6.45, 7) is 7.54. The van der Waals surface area contributed by atoms with Gasteiger partial charge in [-0.2, -0.15) is 0 Å². The van der Waals surface area contributed by atoms with Crippen molar-refractivity contribution in [2.24, 2.45) is 0 Å². The number of carbonyl (C=O) groups excluding carboxylic acids is 1. The number of morpholine rings is 1. The van der Waals surface area contributed by atoms with Gasteiger partial charge in [-0.25, -0.2) is 4.98 Å². The van der Waals surface area contributed by atoms with Gasteiger partial charge in [-0.3, -0.25) is 14.1 Å². The molecule has 3 heterocycles. The molecule has 0 bridgehead atoms. The molecule has 1 saturated heterocycles. The van der Waals surface area contributed by atoms with E-state index < -0.39 is 0 Å². The fourth-order valence-electron chi connectivity index (χ4n) is 3.52. The second-order valence-corrected chi connectivity index (χ2v) is 7.92. The molecule has 28 heavy (non-hydrogen) atoms. The van der Waals surface area contributed by atoms with Crippen LogP contribution in [0.2, 0.25) is 0 Å². The Kier molecular flexibility index (Phi) is 6.04. The summed E-state index contributed by atoms with van der Waals surface area (Å²) in [5, 5.41) is 2.15. The third-order valence-corrected chi connectivity index (χ3v) is 6.11. The Balaban J connectivity index is 1.40. The van der Waals surface area contributed by atoms with Crippen LogP contribution in [0.4, 0.5) is 0 Å². The predicted molar refractivity (Wildman–Crippen MR) is 112 cm³/mol. The van der Waals surface area contributed by atoms with Crippen LogP contribution >= 0.6 is 11.3 Å². The van der Waals surface area contributed by atoms with Crippen LogP contribution in [0.15, 0.2) is 41.9 Å². The molecule has 1 aliphatic heterocycles. The second kappa shape index (κ2) is 8.86. The molecule has 6 nitrogen and oxygen atoms in total. The highest BCUT2D eigenvalue weighted by Crippen LogP contribution is 2.23. The first-order chi connectivity index (χ1) is 13.7. The van der Waals surface area contributed by atoms with E-state index in [1.807, 2.05) is 23.1 Å². The summed E-state index contributed by atoms with van der Waals surface area (Å²) in [5.41, 5.74) is 3.32. The van der Waals surface area contributed by atoms with E-state index >= 15 is 0 Å². The molecule has 3 aromatic rings. The number of ether oxygens (including phenoxy) is 1.